The van der Waals surface area contributed by atoms with Crippen LogP contribution in [0.15, 0.2) is 82.4 Å². The lowest BCUT2D eigenvalue weighted by Gasteiger charge is -2.09. The third kappa shape index (κ3) is 4.41. The largest absolute Gasteiger partial charge is 0.504 e. The highest BCUT2D eigenvalue weighted by Crippen LogP contribution is 2.32. The number of fused-ring (bicyclic) bond motifs is 1. The Bertz CT molecular complexity index is 1290. The second kappa shape index (κ2) is 8.97. The molecule has 0 unspecified atom stereocenters. The Hall–Kier alpha value is -3.71. The third-order valence-electron chi connectivity index (χ3n) is 4.69. The maximum atomic E-state index is 13.0. The van der Waals surface area contributed by atoms with Crippen LogP contribution < -0.4 is 10.2 Å². The Balaban J connectivity index is 1.67. The van der Waals surface area contributed by atoms with E-state index in [9.17, 15) is 9.90 Å². The zero-order valence-electron chi connectivity index (χ0n) is 16.5. The predicted octanol–water partition coefficient (Wildman–Crippen LogP) is 5.14. The zero-order chi connectivity index (χ0) is 21.8. The summed E-state index contributed by atoms with van der Waals surface area (Å²) in [6.07, 6.45) is 1.36. The first kappa shape index (κ1) is 20.6. The number of halogens is 1. The van der Waals surface area contributed by atoms with E-state index in [2.05, 4.69) is 31.4 Å². The van der Waals surface area contributed by atoms with E-state index in [1.165, 1.54) is 13.3 Å². The van der Waals surface area contributed by atoms with E-state index in [-0.39, 0.29) is 11.7 Å². The number of nitrogens with one attached hydrogen (secondary N) is 1. The third-order valence-corrected chi connectivity index (χ3v) is 5.15. The van der Waals surface area contributed by atoms with E-state index < -0.39 is 0 Å². The fourth-order valence-corrected chi connectivity index (χ4v) is 3.64. The molecule has 1 heterocycles. The predicted molar refractivity (Wildman–Crippen MR) is 125 cm³/mol. The van der Waals surface area contributed by atoms with Gasteiger partial charge in [0.25, 0.3) is 5.91 Å². The molecule has 0 atom stereocenters. The van der Waals surface area contributed by atoms with Crippen molar-refractivity contribution in [1.29, 1.82) is 0 Å². The van der Waals surface area contributed by atoms with E-state index in [1.54, 1.807) is 18.2 Å². The molecule has 0 spiro atoms. The fourth-order valence-electron chi connectivity index (χ4n) is 3.19. The number of methoxy groups -OCH3 is 1. The molecule has 0 radical (unpaired) electrons. The molecule has 2 N–H and O–H groups in total. The van der Waals surface area contributed by atoms with Crippen LogP contribution in [-0.4, -0.2) is 29.3 Å². The van der Waals surface area contributed by atoms with Gasteiger partial charge < -0.3 is 9.84 Å². The topological polar surface area (TPSA) is 83.8 Å². The molecule has 0 aliphatic rings. The van der Waals surface area contributed by atoms with Gasteiger partial charge in [0.05, 0.1) is 30.1 Å². The summed E-state index contributed by atoms with van der Waals surface area (Å²) >= 11 is 3.36. The van der Waals surface area contributed by atoms with Gasteiger partial charge in [-0.1, -0.05) is 64.5 Å². The standard InChI is InChI=1S/C24H18BrN3O3/c1-31-22-12-17(25)11-16(23(22)29)14-26-28-24(30)19-13-21(15-7-3-2-4-8-15)27-20-10-6-5-9-18(19)20/h2-14,29H,1H3,(H,28,30)/b26-14+. The number of hydrogen-bond acceptors (Lipinski definition) is 5. The number of hydrazone groups is 1. The summed E-state index contributed by atoms with van der Waals surface area (Å²) in [5.74, 6) is -0.146. The van der Waals surface area contributed by atoms with Gasteiger partial charge in [-0.2, -0.15) is 5.10 Å². The summed E-state index contributed by atoms with van der Waals surface area (Å²) in [4.78, 5) is 17.6. The molecule has 0 fully saturated rings. The molecular formula is C24H18BrN3O3. The van der Waals surface area contributed by atoms with E-state index in [0.29, 0.717) is 32.6 Å². The molecule has 154 valence electrons. The molecule has 4 aromatic rings. The molecule has 0 bridgehead atoms. The van der Waals surface area contributed by atoms with Crippen molar-refractivity contribution < 1.29 is 14.6 Å². The highest BCUT2D eigenvalue weighted by atomic mass is 79.9. The first-order chi connectivity index (χ1) is 15.1. The lowest BCUT2D eigenvalue weighted by Crippen LogP contribution is -2.18. The van der Waals surface area contributed by atoms with E-state index >= 15 is 0 Å². The number of para-hydroxylation sites is 1. The molecule has 6 nitrogen and oxygen atoms in total. The average Bonchev–Trinajstić information content (AvgIpc) is 2.80. The highest BCUT2D eigenvalue weighted by molar-refractivity contribution is 9.10. The fraction of sp³-hybridized carbons (Fsp3) is 0.0417. The van der Waals surface area contributed by atoms with Crippen LogP contribution in [0.1, 0.15) is 15.9 Å². The van der Waals surface area contributed by atoms with Crippen LogP contribution >= 0.6 is 15.9 Å². The minimum atomic E-state index is -0.381. The maximum absolute atomic E-state index is 13.0. The first-order valence-corrected chi connectivity index (χ1v) is 10.2. The van der Waals surface area contributed by atoms with Gasteiger partial charge in [0.2, 0.25) is 0 Å². The van der Waals surface area contributed by atoms with E-state index in [1.807, 2.05) is 54.6 Å². The number of pyridine rings is 1. The van der Waals surface area contributed by atoms with Crippen LogP contribution in [0, 0.1) is 0 Å². The number of hydrogen-bond donors (Lipinski definition) is 2. The Labute approximate surface area is 187 Å². The molecule has 4 rings (SSSR count). The summed E-state index contributed by atoms with van der Waals surface area (Å²) in [7, 11) is 1.46. The minimum absolute atomic E-state index is 0.0653. The van der Waals surface area contributed by atoms with Gasteiger partial charge in [-0.15, -0.1) is 0 Å². The number of phenols is 1. The number of phenolic OH excluding ortho intramolecular Hbond substituents is 1. The van der Waals surface area contributed by atoms with Crippen molar-refractivity contribution in [3.05, 3.63) is 88.4 Å². The van der Waals surface area contributed by atoms with Gasteiger partial charge in [0.15, 0.2) is 11.5 Å². The second-order valence-corrected chi connectivity index (χ2v) is 7.60. The van der Waals surface area contributed by atoms with Crippen molar-refractivity contribution >= 4 is 39.0 Å². The highest BCUT2D eigenvalue weighted by Gasteiger charge is 2.14. The van der Waals surface area contributed by atoms with Crippen molar-refractivity contribution in [3.63, 3.8) is 0 Å². The number of ether oxygens (including phenoxy) is 1. The molecule has 0 aliphatic carbocycles. The van der Waals surface area contributed by atoms with E-state index in [0.717, 1.165) is 10.9 Å². The van der Waals surface area contributed by atoms with Gasteiger partial charge in [0.1, 0.15) is 0 Å². The van der Waals surface area contributed by atoms with Crippen LogP contribution in [0.25, 0.3) is 22.2 Å². The van der Waals surface area contributed by atoms with Gasteiger partial charge >= 0.3 is 0 Å². The average molecular weight is 476 g/mol. The number of nitrogens with zero attached hydrogens (tertiary/aromatic N) is 2. The van der Waals surface area contributed by atoms with Crippen molar-refractivity contribution in [2.45, 2.75) is 0 Å². The summed E-state index contributed by atoms with van der Waals surface area (Å²) in [5, 5.41) is 15.0. The zero-order valence-corrected chi connectivity index (χ0v) is 18.1. The summed E-state index contributed by atoms with van der Waals surface area (Å²) in [5.41, 5.74) is 5.72. The summed E-state index contributed by atoms with van der Waals surface area (Å²) in [6.45, 7) is 0. The lowest BCUT2D eigenvalue weighted by atomic mass is 10.0. The number of rotatable bonds is 5. The Morgan fingerprint density at radius 2 is 1.84 bits per heavy atom. The molecule has 0 aliphatic heterocycles. The normalized spacial score (nSPS) is 11.0. The van der Waals surface area contributed by atoms with Crippen LogP contribution in [-0.2, 0) is 0 Å². The molecular weight excluding hydrogens is 458 g/mol. The molecule has 7 heteroatoms. The number of aromatic hydroxyl groups is 1. The van der Waals surface area contributed by atoms with Crippen molar-refractivity contribution in [3.8, 4) is 22.8 Å². The van der Waals surface area contributed by atoms with Gasteiger partial charge in [-0.25, -0.2) is 10.4 Å². The molecule has 1 aromatic heterocycles. The molecule has 31 heavy (non-hydrogen) atoms. The SMILES string of the molecule is COc1cc(Br)cc(/C=N/NC(=O)c2cc(-c3ccccc3)nc3ccccc23)c1O. The number of aromatic nitrogens is 1. The van der Waals surface area contributed by atoms with Gasteiger partial charge in [-0.3, -0.25) is 4.79 Å². The Morgan fingerprint density at radius 1 is 1.10 bits per heavy atom. The minimum Gasteiger partial charge on any atom is -0.504 e. The van der Waals surface area contributed by atoms with Crippen molar-refractivity contribution in [1.82, 2.24) is 10.4 Å². The molecule has 1 amide bonds. The van der Waals surface area contributed by atoms with Crippen molar-refractivity contribution in [2.24, 2.45) is 5.10 Å². The smallest absolute Gasteiger partial charge is 0.272 e. The van der Waals surface area contributed by atoms with Crippen LogP contribution in [0.3, 0.4) is 0 Å². The maximum Gasteiger partial charge on any atom is 0.272 e. The monoisotopic (exact) mass is 475 g/mol. The summed E-state index contributed by atoms with van der Waals surface area (Å²) < 4.78 is 5.84. The van der Waals surface area contributed by atoms with Crippen LogP contribution in [0.4, 0.5) is 0 Å². The Morgan fingerprint density at radius 3 is 2.61 bits per heavy atom. The van der Waals surface area contributed by atoms with Gasteiger partial charge in [0, 0.05) is 21.0 Å². The second-order valence-electron chi connectivity index (χ2n) is 6.68. The molecule has 0 saturated carbocycles. The van der Waals surface area contributed by atoms with E-state index in [4.69, 9.17) is 4.74 Å². The number of carbonyl (C=O) groups is 1. The summed E-state index contributed by atoms with van der Waals surface area (Å²) in [6, 6.07) is 22.2. The lowest BCUT2D eigenvalue weighted by molar-refractivity contribution is 0.0956. The number of benzene rings is 3. The van der Waals surface area contributed by atoms with Crippen molar-refractivity contribution in [2.75, 3.05) is 7.11 Å². The molecule has 0 saturated heterocycles. The first-order valence-electron chi connectivity index (χ1n) is 9.42. The van der Waals surface area contributed by atoms with Crippen LogP contribution in [0.5, 0.6) is 11.5 Å². The van der Waals surface area contributed by atoms with Gasteiger partial charge in [-0.05, 0) is 24.3 Å². The van der Waals surface area contributed by atoms with Crippen LogP contribution in [0.2, 0.25) is 0 Å². The quantitative estimate of drug-likeness (QED) is 0.309. The Kier molecular flexibility index (Phi) is 5.95. The number of carbonyl (C=O) groups excluding carboxylic acids is 1. The molecule has 3 aromatic carbocycles. The number of amides is 1.